The summed E-state index contributed by atoms with van der Waals surface area (Å²) in [5, 5.41) is 0. The summed E-state index contributed by atoms with van der Waals surface area (Å²) < 4.78 is 5.41. The summed E-state index contributed by atoms with van der Waals surface area (Å²) in [6, 6.07) is 0.587. The number of hydrogen-bond donors (Lipinski definition) is 0. The van der Waals surface area contributed by atoms with Gasteiger partial charge in [-0.1, -0.05) is 0 Å². The van der Waals surface area contributed by atoms with Gasteiger partial charge in [-0.25, -0.2) is 0 Å². The zero-order valence-corrected chi connectivity index (χ0v) is 11.6. The maximum atomic E-state index is 12.5. The van der Waals surface area contributed by atoms with E-state index in [1.807, 2.05) is 0 Å². The van der Waals surface area contributed by atoms with Gasteiger partial charge in [-0.3, -0.25) is 9.69 Å². The van der Waals surface area contributed by atoms with Gasteiger partial charge in [0.1, 0.15) is 0 Å². The smallest absolute Gasteiger partial charge is 0.225 e. The van der Waals surface area contributed by atoms with E-state index in [4.69, 9.17) is 4.74 Å². The second kappa shape index (κ2) is 4.74. The average Bonchev–Trinajstić information content (AvgIpc) is 2.91. The van der Waals surface area contributed by atoms with Gasteiger partial charge < -0.3 is 9.64 Å². The lowest BCUT2D eigenvalue weighted by Gasteiger charge is -2.32. The summed E-state index contributed by atoms with van der Waals surface area (Å²) in [5.74, 6) is 2.65. The van der Waals surface area contributed by atoms with Crippen LogP contribution in [0.25, 0.3) is 0 Å². The molecule has 106 valence electrons. The van der Waals surface area contributed by atoms with Crippen molar-refractivity contribution in [2.24, 2.45) is 17.8 Å². The van der Waals surface area contributed by atoms with Crippen molar-refractivity contribution in [2.45, 2.75) is 31.7 Å². The Morgan fingerprint density at radius 2 is 1.74 bits per heavy atom. The third-order valence-electron chi connectivity index (χ3n) is 5.63. The molecule has 2 aliphatic heterocycles. The van der Waals surface area contributed by atoms with Gasteiger partial charge in [0.2, 0.25) is 5.91 Å². The molecule has 0 N–H and O–H groups in total. The molecular weight excluding hydrogens is 240 g/mol. The zero-order valence-electron chi connectivity index (χ0n) is 11.6. The highest BCUT2D eigenvalue weighted by molar-refractivity contribution is 5.79. The fourth-order valence-electron chi connectivity index (χ4n) is 4.36. The van der Waals surface area contributed by atoms with Crippen molar-refractivity contribution in [3.8, 4) is 0 Å². The fraction of sp³-hybridized carbons (Fsp3) is 0.933. The lowest BCUT2D eigenvalue weighted by Crippen LogP contribution is -2.45. The molecule has 0 aromatic rings. The van der Waals surface area contributed by atoms with Crippen LogP contribution in [0.2, 0.25) is 0 Å². The lowest BCUT2D eigenvalue weighted by atomic mass is 10.0. The molecule has 0 bridgehead atoms. The SMILES string of the molecule is O=C(C1CC2CC2C1)N1CCC(N2CCOCC2)C1. The second-order valence-corrected chi connectivity index (χ2v) is 6.80. The van der Waals surface area contributed by atoms with Crippen molar-refractivity contribution in [2.75, 3.05) is 39.4 Å². The molecule has 2 saturated heterocycles. The topological polar surface area (TPSA) is 32.8 Å². The minimum absolute atomic E-state index is 0.368. The van der Waals surface area contributed by atoms with Crippen molar-refractivity contribution in [1.29, 1.82) is 0 Å². The number of ether oxygens (including phenoxy) is 1. The quantitative estimate of drug-likeness (QED) is 0.745. The van der Waals surface area contributed by atoms with Gasteiger partial charge in [0.15, 0.2) is 0 Å². The lowest BCUT2D eigenvalue weighted by molar-refractivity contribution is -0.134. The number of rotatable bonds is 2. The molecule has 3 unspecified atom stereocenters. The summed E-state index contributed by atoms with van der Waals surface area (Å²) in [4.78, 5) is 17.2. The standard InChI is InChI=1S/C15H24N2O2/c18-15(13-8-11-7-12(11)9-13)17-2-1-14(10-17)16-3-5-19-6-4-16/h11-14H,1-10H2. The van der Waals surface area contributed by atoms with Crippen molar-refractivity contribution >= 4 is 5.91 Å². The highest BCUT2D eigenvalue weighted by Crippen LogP contribution is 2.54. The molecule has 4 fully saturated rings. The molecule has 0 radical (unpaired) electrons. The molecule has 2 heterocycles. The van der Waals surface area contributed by atoms with E-state index in [0.717, 1.165) is 57.6 Å². The zero-order chi connectivity index (χ0) is 12.8. The van der Waals surface area contributed by atoms with E-state index >= 15 is 0 Å². The minimum atomic E-state index is 0.368. The highest BCUT2D eigenvalue weighted by Gasteiger charge is 2.49. The summed E-state index contributed by atoms with van der Waals surface area (Å²) in [6.07, 6.45) is 4.93. The van der Waals surface area contributed by atoms with Crippen molar-refractivity contribution < 1.29 is 9.53 Å². The number of amides is 1. The predicted molar refractivity (Wildman–Crippen MR) is 71.7 cm³/mol. The van der Waals surface area contributed by atoms with Gasteiger partial charge in [0.25, 0.3) is 0 Å². The van der Waals surface area contributed by atoms with Crippen LogP contribution in [0.4, 0.5) is 0 Å². The fourth-order valence-corrected chi connectivity index (χ4v) is 4.36. The summed E-state index contributed by atoms with van der Waals surface area (Å²) in [5.41, 5.74) is 0. The molecule has 4 nitrogen and oxygen atoms in total. The van der Waals surface area contributed by atoms with Gasteiger partial charge in [-0.05, 0) is 37.5 Å². The Bertz CT molecular complexity index is 357. The molecule has 4 aliphatic rings. The molecule has 4 heteroatoms. The molecule has 0 aromatic carbocycles. The van der Waals surface area contributed by atoms with E-state index < -0.39 is 0 Å². The van der Waals surface area contributed by atoms with Crippen LogP contribution in [0, 0.1) is 17.8 Å². The molecule has 2 saturated carbocycles. The molecular formula is C15H24N2O2. The molecule has 19 heavy (non-hydrogen) atoms. The molecule has 3 atom stereocenters. The van der Waals surface area contributed by atoms with Crippen molar-refractivity contribution in [3.05, 3.63) is 0 Å². The second-order valence-electron chi connectivity index (χ2n) is 6.80. The Morgan fingerprint density at radius 1 is 1.00 bits per heavy atom. The molecule has 1 amide bonds. The van der Waals surface area contributed by atoms with Crippen LogP contribution in [0.5, 0.6) is 0 Å². The molecule has 0 spiro atoms. The van der Waals surface area contributed by atoms with Crippen molar-refractivity contribution in [3.63, 3.8) is 0 Å². The van der Waals surface area contributed by atoms with E-state index in [-0.39, 0.29) is 0 Å². The third-order valence-corrected chi connectivity index (χ3v) is 5.63. The van der Waals surface area contributed by atoms with E-state index in [0.29, 0.717) is 17.9 Å². The van der Waals surface area contributed by atoms with Crippen LogP contribution in [0.1, 0.15) is 25.7 Å². The first-order valence-electron chi connectivity index (χ1n) is 7.92. The number of hydrogen-bond acceptors (Lipinski definition) is 3. The average molecular weight is 264 g/mol. The summed E-state index contributed by atoms with van der Waals surface area (Å²) >= 11 is 0. The summed E-state index contributed by atoms with van der Waals surface area (Å²) in [7, 11) is 0. The van der Waals surface area contributed by atoms with Gasteiger partial charge in [0.05, 0.1) is 13.2 Å². The van der Waals surface area contributed by atoms with E-state index in [9.17, 15) is 4.79 Å². The van der Waals surface area contributed by atoms with E-state index in [1.165, 1.54) is 19.3 Å². The first kappa shape index (κ1) is 12.2. The van der Waals surface area contributed by atoms with Gasteiger partial charge >= 0.3 is 0 Å². The Kier molecular flexibility index (Phi) is 3.03. The van der Waals surface area contributed by atoms with Crippen molar-refractivity contribution in [1.82, 2.24) is 9.80 Å². The first-order valence-corrected chi connectivity index (χ1v) is 7.92. The number of nitrogens with zero attached hydrogens (tertiary/aromatic N) is 2. The van der Waals surface area contributed by atoms with Gasteiger partial charge in [0, 0.05) is 38.1 Å². The Hall–Kier alpha value is -0.610. The van der Waals surface area contributed by atoms with Gasteiger partial charge in [-0.2, -0.15) is 0 Å². The highest BCUT2D eigenvalue weighted by atomic mass is 16.5. The first-order chi connectivity index (χ1) is 9.31. The number of morpholine rings is 1. The van der Waals surface area contributed by atoms with Crippen LogP contribution in [0.3, 0.4) is 0 Å². The summed E-state index contributed by atoms with van der Waals surface area (Å²) in [6.45, 7) is 5.74. The van der Waals surface area contributed by atoms with Crippen LogP contribution < -0.4 is 0 Å². The van der Waals surface area contributed by atoms with Crippen LogP contribution in [-0.2, 0) is 9.53 Å². The molecule has 0 aromatic heterocycles. The van der Waals surface area contributed by atoms with Gasteiger partial charge in [-0.15, -0.1) is 0 Å². The van der Waals surface area contributed by atoms with Crippen LogP contribution in [-0.4, -0.2) is 61.1 Å². The van der Waals surface area contributed by atoms with E-state index in [2.05, 4.69) is 9.80 Å². The predicted octanol–water partition coefficient (Wildman–Crippen LogP) is 0.966. The maximum Gasteiger partial charge on any atom is 0.225 e. The molecule has 2 aliphatic carbocycles. The monoisotopic (exact) mass is 264 g/mol. The Morgan fingerprint density at radius 3 is 2.47 bits per heavy atom. The Balaban J connectivity index is 1.32. The minimum Gasteiger partial charge on any atom is -0.379 e. The number of carbonyl (C=O) groups is 1. The number of fused-ring (bicyclic) bond motifs is 1. The third kappa shape index (κ3) is 2.29. The van der Waals surface area contributed by atoms with Crippen LogP contribution >= 0.6 is 0 Å². The largest absolute Gasteiger partial charge is 0.379 e. The normalized spacial score (nSPS) is 42.4. The molecule has 4 rings (SSSR count). The Labute approximate surface area is 115 Å². The number of likely N-dealkylation sites (tertiary alicyclic amines) is 1. The maximum absolute atomic E-state index is 12.5. The van der Waals surface area contributed by atoms with Crippen LogP contribution in [0.15, 0.2) is 0 Å². The van der Waals surface area contributed by atoms with E-state index in [1.54, 1.807) is 0 Å². The number of carbonyl (C=O) groups excluding carboxylic acids is 1.